The number of likely N-dealkylation sites (tertiary alicyclic amines) is 1. The molecule has 106 valence electrons. The number of nitrogens with zero attached hydrogens (tertiary/aromatic N) is 2. The lowest BCUT2D eigenvalue weighted by Crippen LogP contribution is -2.31. The minimum Gasteiger partial charge on any atom is -0.478 e. The lowest BCUT2D eigenvalue weighted by Gasteiger charge is -2.26. The Morgan fingerprint density at radius 1 is 1.00 bits per heavy atom. The first kappa shape index (κ1) is 13.4. The zero-order valence-corrected chi connectivity index (χ0v) is 11.9. The molecule has 0 unspecified atom stereocenters. The van der Waals surface area contributed by atoms with Gasteiger partial charge in [0.05, 0.1) is 12.1 Å². The molecule has 2 aromatic rings. The molecule has 20 heavy (non-hydrogen) atoms. The predicted octanol–water partition coefficient (Wildman–Crippen LogP) is 3.49. The van der Waals surface area contributed by atoms with Gasteiger partial charge in [0.25, 0.3) is 0 Å². The van der Waals surface area contributed by atoms with E-state index in [0.717, 1.165) is 36.4 Å². The second-order valence-electron chi connectivity index (χ2n) is 5.45. The van der Waals surface area contributed by atoms with E-state index >= 15 is 0 Å². The van der Waals surface area contributed by atoms with Gasteiger partial charge in [-0.25, -0.2) is 4.98 Å². The van der Waals surface area contributed by atoms with E-state index in [1.165, 1.54) is 32.4 Å². The molecule has 1 aromatic carbocycles. The minimum absolute atomic E-state index is 0.738. The summed E-state index contributed by atoms with van der Waals surface area (Å²) in [6.07, 6.45) is 5.18. The van der Waals surface area contributed by atoms with Crippen molar-refractivity contribution < 1.29 is 4.74 Å². The van der Waals surface area contributed by atoms with Crippen molar-refractivity contribution in [3.63, 3.8) is 0 Å². The van der Waals surface area contributed by atoms with E-state index in [2.05, 4.69) is 22.0 Å². The van der Waals surface area contributed by atoms with Gasteiger partial charge in [0.1, 0.15) is 0 Å². The van der Waals surface area contributed by atoms with Crippen molar-refractivity contribution in [2.45, 2.75) is 25.7 Å². The highest BCUT2D eigenvalue weighted by molar-refractivity contribution is 5.78. The first-order chi connectivity index (χ1) is 9.92. The summed E-state index contributed by atoms with van der Waals surface area (Å²) >= 11 is 0. The number of ether oxygens (including phenoxy) is 1. The fourth-order valence-corrected chi connectivity index (χ4v) is 2.78. The van der Waals surface area contributed by atoms with Crippen LogP contribution in [0.1, 0.15) is 25.7 Å². The molecule has 1 aliphatic rings. The van der Waals surface area contributed by atoms with Gasteiger partial charge in [0.15, 0.2) is 0 Å². The van der Waals surface area contributed by atoms with E-state index in [1.54, 1.807) is 0 Å². The van der Waals surface area contributed by atoms with Crippen LogP contribution in [0.15, 0.2) is 36.4 Å². The Hall–Kier alpha value is -1.61. The van der Waals surface area contributed by atoms with Crippen LogP contribution in [0.4, 0.5) is 0 Å². The van der Waals surface area contributed by atoms with E-state index in [9.17, 15) is 0 Å². The maximum absolute atomic E-state index is 5.77. The van der Waals surface area contributed by atoms with Gasteiger partial charge in [-0.3, -0.25) is 0 Å². The van der Waals surface area contributed by atoms with Gasteiger partial charge in [-0.05, 0) is 44.5 Å². The third-order valence-corrected chi connectivity index (χ3v) is 3.89. The maximum atomic E-state index is 5.77. The minimum atomic E-state index is 0.738. The summed E-state index contributed by atoms with van der Waals surface area (Å²) in [5.41, 5.74) is 1.00. The van der Waals surface area contributed by atoms with Crippen molar-refractivity contribution in [3.8, 4) is 5.88 Å². The molecule has 1 fully saturated rings. The molecule has 0 atom stereocenters. The van der Waals surface area contributed by atoms with E-state index < -0.39 is 0 Å². The molecular weight excluding hydrogens is 248 g/mol. The highest BCUT2D eigenvalue weighted by atomic mass is 16.5. The van der Waals surface area contributed by atoms with Crippen LogP contribution in [0, 0.1) is 0 Å². The third kappa shape index (κ3) is 3.48. The van der Waals surface area contributed by atoms with Gasteiger partial charge >= 0.3 is 0 Å². The van der Waals surface area contributed by atoms with Gasteiger partial charge in [-0.2, -0.15) is 0 Å². The molecule has 0 saturated carbocycles. The Morgan fingerprint density at radius 2 is 1.85 bits per heavy atom. The lowest BCUT2D eigenvalue weighted by atomic mass is 10.1. The van der Waals surface area contributed by atoms with Crippen LogP contribution in [0.3, 0.4) is 0 Å². The molecule has 0 bridgehead atoms. The molecule has 3 rings (SSSR count). The van der Waals surface area contributed by atoms with Gasteiger partial charge in [0, 0.05) is 18.0 Å². The molecule has 3 heteroatoms. The number of benzene rings is 1. The number of pyridine rings is 1. The van der Waals surface area contributed by atoms with Gasteiger partial charge in [0.2, 0.25) is 5.88 Å². The zero-order chi connectivity index (χ0) is 13.6. The van der Waals surface area contributed by atoms with Crippen LogP contribution in [0.5, 0.6) is 5.88 Å². The summed E-state index contributed by atoms with van der Waals surface area (Å²) in [6.45, 7) is 4.41. The monoisotopic (exact) mass is 270 g/mol. The highest BCUT2D eigenvalue weighted by Gasteiger charge is 2.09. The molecule has 0 radical (unpaired) electrons. The molecule has 1 aromatic heterocycles. The van der Waals surface area contributed by atoms with Gasteiger partial charge in [-0.1, -0.05) is 24.6 Å². The number of aromatic nitrogens is 1. The second-order valence-corrected chi connectivity index (χ2v) is 5.45. The quantitative estimate of drug-likeness (QED) is 0.778. The number of rotatable bonds is 5. The van der Waals surface area contributed by atoms with Crippen molar-refractivity contribution >= 4 is 10.9 Å². The topological polar surface area (TPSA) is 25.4 Å². The number of hydrogen-bond donors (Lipinski definition) is 0. The Morgan fingerprint density at radius 3 is 2.75 bits per heavy atom. The van der Waals surface area contributed by atoms with Crippen LogP contribution in [0.25, 0.3) is 10.9 Å². The van der Waals surface area contributed by atoms with Crippen LogP contribution in [-0.4, -0.2) is 36.1 Å². The lowest BCUT2D eigenvalue weighted by molar-refractivity contribution is 0.203. The number of fused-ring (bicyclic) bond motifs is 1. The predicted molar refractivity (Wildman–Crippen MR) is 82.1 cm³/mol. The van der Waals surface area contributed by atoms with E-state index in [1.807, 2.05) is 24.3 Å². The number of piperidine rings is 1. The molecule has 1 saturated heterocycles. The summed E-state index contributed by atoms with van der Waals surface area (Å²) < 4.78 is 5.77. The fourth-order valence-electron chi connectivity index (χ4n) is 2.78. The average molecular weight is 270 g/mol. The van der Waals surface area contributed by atoms with Gasteiger partial charge in [-0.15, -0.1) is 0 Å². The largest absolute Gasteiger partial charge is 0.478 e. The third-order valence-electron chi connectivity index (χ3n) is 3.89. The molecule has 0 spiro atoms. The smallest absolute Gasteiger partial charge is 0.213 e. The second kappa shape index (κ2) is 6.71. The molecule has 0 amide bonds. The van der Waals surface area contributed by atoms with Crippen molar-refractivity contribution in [2.75, 3.05) is 26.2 Å². The summed E-state index contributed by atoms with van der Waals surface area (Å²) in [4.78, 5) is 7.07. The molecule has 2 heterocycles. The summed E-state index contributed by atoms with van der Waals surface area (Å²) in [5.74, 6) is 0.738. The van der Waals surface area contributed by atoms with Crippen LogP contribution in [0.2, 0.25) is 0 Å². The van der Waals surface area contributed by atoms with Gasteiger partial charge < -0.3 is 9.64 Å². The molecule has 0 aliphatic carbocycles. The van der Waals surface area contributed by atoms with E-state index in [4.69, 9.17) is 4.74 Å². The van der Waals surface area contributed by atoms with E-state index in [0.29, 0.717) is 0 Å². The van der Waals surface area contributed by atoms with Crippen LogP contribution in [-0.2, 0) is 0 Å². The summed E-state index contributed by atoms with van der Waals surface area (Å²) in [7, 11) is 0. The first-order valence-corrected chi connectivity index (χ1v) is 7.63. The average Bonchev–Trinajstić information content (AvgIpc) is 2.52. The molecule has 0 N–H and O–H groups in total. The van der Waals surface area contributed by atoms with Crippen LogP contribution >= 0.6 is 0 Å². The SMILES string of the molecule is c1ccc2nc(OCCCN3CCCCC3)ccc2c1. The fraction of sp³-hybridized carbons (Fsp3) is 0.471. The maximum Gasteiger partial charge on any atom is 0.213 e. The standard InChI is InChI=1S/C17H22N2O/c1-4-11-19(12-5-1)13-6-14-20-17-10-9-15-7-2-3-8-16(15)18-17/h2-3,7-10H,1,4-6,11-14H2. The Balaban J connectivity index is 1.47. The Kier molecular flexibility index (Phi) is 4.49. The summed E-state index contributed by atoms with van der Waals surface area (Å²) in [6, 6.07) is 12.2. The van der Waals surface area contributed by atoms with Crippen molar-refractivity contribution in [1.29, 1.82) is 0 Å². The van der Waals surface area contributed by atoms with E-state index in [-0.39, 0.29) is 0 Å². The normalized spacial score (nSPS) is 16.4. The highest BCUT2D eigenvalue weighted by Crippen LogP contribution is 2.16. The number of para-hydroxylation sites is 1. The summed E-state index contributed by atoms with van der Waals surface area (Å²) in [5, 5.41) is 1.16. The van der Waals surface area contributed by atoms with Crippen LogP contribution < -0.4 is 4.74 Å². The van der Waals surface area contributed by atoms with Crippen molar-refractivity contribution in [2.24, 2.45) is 0 Å². The molecule has 3 nitrogen and oxygen atoms in total. The number of hydrogen-bond acceptors (Lipinski definition) is 3. The Bertz CT molecular complexity index is 549. The molecule has 1 aliphatic heterocycles. The molecular formula is C17H22N2O. The van der Waals surface area contributed by atoms with Crippen molar-refractivity contribution in [3.05, 3.63) is 36.4 Å². The first-order valence-electron chi connectivity index (χ1n) is 7.63. The van der Waals surface area contributed by atoms with Crippen molar-refractivity contribution in [1.82, 2.24) is 9.88 Å². The Labute approximate surface area is 120 Å². The zero-order valence-electron chi connectivity index (χ0n) is 11.9.